The fourth-order valence-electron chi connectivity index (χ4n) is 1.69. The molecule has 3 rings (SSSR count). The predicted octanol–water partition coefficient (Wildman–Crippen LogP) is 3.28. The van der Waals surface area contributed by atoms with E-state index in [4.69, 9.17) is 11.6 Å². The lowest BCUT2D eigenvalue weighted by Gasteiger charge is -2.04. The van der Waals surface area contributed by atoms with Gasteiger partial charge in [0.15, 0.2) is 10.3 Å². The Labute approximate surface area is 103 Å². The van der Waals surface area contributed by atoms with Crippen molar-refractivity contribution in [2.24, 2.45) is 0 Å². The van der Waals surface area contributed by atoms with Crippen LogP contribution in [0.15, 0.2) is 17.4 Å². The molecular formula is C11H10ClN3S. The molecule has 0 bridgehead atoms. The Morgan fingerprint density at radius 1 is 1.38 bits per heavy atom. The second-order valence-corrected chi connectivity index (χ2v) is 5.04. The maximum atomic E-state index is 6.15. The van der Waals surface area contributed by atoms with Gasteiger partial charge in [0.25, 0.3) is 0 Å². The normalized spacial score (nSPS) is 15.6. The first-order valence-electron chi connectivity index (χ1n) is 5.15. The van der Waals surface area contributed by atoms with Gasteiger partial charge in [-0.2, -0.15) is 0 Å². The second kappa shape index (κ2) is 3.86. The van der Waals surface area contributed by atoms with Gasteiger partial charge in [-0.1, -0.05) is 23.4 Å². The van der Waals surface area contributed by atoms with Crippen LogP contribution < -0.4 is 0 Å². The molecule has 1 saturated carbocycles. The van der Waals surface area contributed by atoms with Crippen molar-refractivity contribution in [2.45, 2.75) is 23.9 Å². The smallest absolute Gasteiger partial charge is 0.187 e. The van der Waals surface area contributed by atoms with E-state index in [2.05, 4.69) is 21.0 Å². The van der Waals surface area contributed by atoms with Crippen LogP contribution >= 0.6 is 23.4 Å². The summed E-state index contributed by atoms with van der Waals surface area (Å²) < 4.78 is 0. The van der Waals surface area contributed by atoms with Crippen LogP contribution in [0.1, 0.15) is 24.5 Å². The summed E-state index contributed by atoms with van der Waals surface area (Å²) >= 11 is 7.66. The van der Waals surface area contributed by atoms with Crippen molar-refractivity contribution in [3.05, 3.63) is 23.1 Å². The number of hydrogen-bond acceptors (Lipinski definition) is 4. The third kappa shape index (κ3) is 1.76. The van der Waals surface area contributed by atoms with Crippen LogP contribution in [0.2, 0.25) is 5.15 Å². The second-order valence-electron chi connectivity index (χ2n) is 3.91. The van der Waals surface area contributed by atoms with E-state index in [1.54, 1.807) is 0 Å². The number of fused-ring (bicyclic) bond motifs is 1. The number of aromatic nitrogens is 3. The number of halogens is 1. The van der Waals surface area contributed by atoms with Crippen LogP contribution in [-0.4, -0.2) is 21.2 Å². The predicted molar refractivity (Wildman–Crippen MR) is 66.1 cm³/mol. The monoisotopic (exact) mass is 251 g/mol. The molecule has 2 heterocycles. The van der Waals surface area contributed by atoms with Crippen molar-refractivity contribution in [1.82, 2.24) is 15.0 Å². The van der Waals surface area contributed by atoms with Gasteiger partial charge in [0.2, 0.25) is 0 Å². The highest BCUT2D eigenvalue weighted by Gasteiger charge is 2.26. The van der Waals surface area contributed by atoms with Crippen LogP contribution in [0.4, 0.5) is 0 Å². The highest BCUT2D eigenvalue weighted by Crippen LogP contribution is 2.40. The van der Waals surface area contributed by atoms with Gasteiger partial charge in [-0.25, -0.2) is 15.0 Å². The van der Waals surface area contributed by atoms with E-state index < -0.39 is 0 Å². The van der Waals surface area contributed by atoms with E-state index >= 15 is 0 Å². The summed E-state index contributed by atoms with van der Waals surface area (Å²) in [5, 5.41) is 2.21. The molecule has 1 aliphatic carbocycles. The van der Waals surface area contributed by atoms with Gasteiger partial charge in [-0.3, -0.25) is 0 Å². The van der Waals surface area contributed by atoms with Gasteiger partial charge in [-0.15, -0.1) is 0 Å². The molecule has 0 aliphatic heterocycles. The van der Waals surface area contributed by atoms with E-state index in [1.807, 2.05) is 12.5 Å². The molecule has 1 aliphatic rings. The minimum atomic E-state index is 0.497. The molecule has 0 spiro atoms. The fraction of sp³-hybridized carbons (Fsp3) is 0.364. The summed E-state index contributed by atoms with van der Waals surface area (Å²) in [6.07, 6.45) is 6.21. The Morgan fingerprint density at radius 3 is 2.88 bits per heavy atom. The van der Waals surface area contributed by atoms with Crippen LogP contribution in [-0.2, 0) is 0 Å². The number of thioether (sulfide) groups is 1. The third-order valence-electron chi connectivity index (χ3n) is 2.70. The van der Waals surface area contributed by atoms with Crippen molar-refractivity contribution >= 4 is 34.3 Å². The average Bonchev–Trinajstić information content (AvgIpc) is 3.12. The fourth-order valence-corrected chi connectivity index (χ4v) is 2.28. The highest BCUT2D eigenvalue weighted by atomic mass is 35.5. The van der Waals surface area contributed by atoms with Gasteiger partial charge in [0.1, 0.15) is 5.52 Å². The molecular weight excluding hydrogens is 242 g/mol. The summed E-state index contributed by atoms with van der Waals surface area (Å²) in [6.45, 7) is 0. The molecule has 0 aromatic carbocycles. The molecule has 0 saturated heterocycles. The van der Waals surface area contributed by atoms with E-state index in [9.17, 15) is 0 Å². The van der Waals surface area contributed by atoms with Crippen LogP contribution in [0.5, 0.6) is 0 Å². The Morgan fingerprint density at radius 2 is 2.19 bits per heavy atom. The Kier molecular flexibility index (Phi) is 2.48. The van der Waals surface area contributed by atoms with Gasteiger partial charge in [0.05, 0.1) is 0 Å². The standard InChI is InChI=1S/C11H10ClN3S/c1-16-11-13-5-7-4-8(6-2-3-6)14-10(12)9(7)15-11/h4-6H,2-3H2,1H3. The van der Waals surface area contributed by atoms with Gasteiger partial charge in [-0.05, 0) is 25.2 Å². The molecule has 0 amide bonds. The number of nitrogens with zero attached hydrogens (tertiary/aromatic N) is 3. The van der Waals surface area contributed by atoms with Crippen molar-refractivity contribution < 1.29 is 0 Å². The molecule has 1 fully saturated rings. The van der Waals surface area contributed by atoms with E-state index in [0.717, 1.165) is 21.8 Å². The van der Waals surface area contributed by atoms with Crippen LogP contribution in [0.3, 0.4) is 0 Å². The van der Waals surface area contributed by atoms with E-state index in [0.29, 0.717) is 11.1 Å². The van der Waals surface area contributed by atoms with Crippen molar-refractivity contribution in [2.75, 3.05) is 6.26 Å². The number of pyridine rings is 1. The molecule has 16 heavy (non-hydrogen) atoms. The van der Waals surface area contributed by atoms with Gasteiger partial charge < -0.3 is 0 Å². The average molecular weight is 252 g/mol. The largest absolute Gasteiger partial charge is 0.238 e. The van der Waals surface area contributed by atoms with Crippen LogP contribution in [0, 0.1) is 0 Å². The molecule has 0 radical (unpaired) electrons. The minimum Gasteiger partial charge on any atom is -0.238 e. The molecule has 2 aromatic heterocycles. The van der Waals surface area contributed by atoms with Crippen molar-refractivity contribution in [1.29, 1.82) is 0 Å². The lowest BCUT2D eigenvalue weighted by Crippen LogP contribution is -1.93. The Bertz CT molecular complexity index is 554. The summed E-state index contributed by atoms with van der Waals surface area (Å²) in [4.78, 5) is 13.0. The molecule has 0 atom stereocenters. The number of rotatable bonds is 2. The molecule has 82 valence electrons. The van der Waals surface area contributed by atoms with Gasteiger partial charge in [0, 0.05) is 23.2 Å². The molecule has 3 nitrogen and oxygen atoms in total. The zero-order valence-corrected chi connectivity index (χ0v) is 10.3. The first-order chi connectivity index (χ1) is 7.78. The van der Waals surface area contributed by atoms with Crippen molar-refractivity contribution in [3.8, 4) is 0 Å². The summed E-state index contributed by atoms with van der Waals surface area (Å²) in [5.74, 6) is 0.599. The highest BCUT2D eigenvalue weighted by molar-refractivity contribution is 7.98. The summed E-state index contributed by atoms with van der Waals surface area (Å²) in [7, 11) is 0. The Hall–Kier alpha value is -0.870. The Balaban J connectivity index is 2.19. The SMILES string of the molecule is CSc1ncc2cc(C3CC3)nc(Cl)c2n1. The zero-order valence-electron chi connectivity index (χ0n) is 8.77. The lowest BCUT2D eigenvalue weighted by molar-refractivity contribution is 0.985. The van der Waals surface area contributed by atoms with Gasteiger partial charge >= 0.3 is 0 Å². The first kappa shape index (κ1) is 10.3. The molecule has 0 unspecified atom stereocenters. The van der Waals surface area contributed by atoms with Crippen LogP contribution in [0.25, 0.3) is 10.9 Å². The third-order valence-corrected chi connectivity index (χ3v) is 3.52. The molecule has 2 aromatic rings. The van der Waals surface area contributed by atoms with E-state index in [-0.39, 0.29) is 0 Å². The van der Waals surface area contributed by atoms with Crippen molar-refractivity contribution in [3.63, 3.8) is 0 Å². The topological polar surface area (TPSA) is 38.7 Å². The van der Waals surface area contributed by atoms with E-state index in [1.165, 1.54) is 24.6 Å². The maximum absolute atomic E-state index is 6.15. The first-order valence-corrected chi connectivity index (χ1v) is 6.75. The maximum Gasteiger partial charge on any atom is 0.187 e. The zero-order chi connectivity index (χ0) is 11.1. The quantitative estimate of drug-likeness (QED) is 0.467. The minimum absolute atomic E-state index is 0.497. The lowest BCUT2D eigenvalue weighted by atomic mass is 10.2. The molecule has 5 heteroatoms. The molecule has 0 N–H and O–H groups in total. The summed E-state index contributed by atoms with van der Waals surface area (Å²) in [6, 6.07) is 2.06. The number of hydrogen-bond donors (Lipinski definition) is 0. The summed E-state index contributed by atoms with van der Waals surface area (Å²) in [5.41, 5.74) is 1.84.